The number of fused-ring (bicyclic) bond motifs is 1. The molecule has 0 saturated heterocycles. The third-order valence-corrected chi connectivity index (χ3v) is 6.51. The summed E-state index contributed by atoms with van der Waals surface area (Å²) in [7, 11) is 0. The molecule has 1 aromatic carbocycles. The SMILES string of the molecule is NC(=O)c1cnc2c(c1)CCCC(Cc1ccc(C3CCC3)cc1)CCC2. The van der Waals surface area contributed by atoms with Crippen LogP contribution in [0.1, 0.15) is 83.6 Å². The van der Waals surface area contributed by atoms with Crippen molar-refractivity contribution in [3.63, 3.8) is 0 Å². The molecule has 1 saturated carbocycles. The lowest BCUT2D eigenvalue weighted by Gasteiger charge is -2.26. The molecule has 2 aliphatic carbocycles. The first-order valence-corrected chi connectivity index (χ1v) is 10.6. The van der Waals surface area contributed by atoms with Gasteiger partial charge in [0.05, 0.1) is 5.56 Å². The number of nitrogens with zero attached hydrogens (tertiary/aromatic N) is 1. The molecule has 0 spiro atoms. The van der Waals surface area contributed by atoms with Gasteiger partial charge < -0.3 is 5.73 Å². The molecule has 1 amide bonds. The number of carbonyl (C=O) groups excluding carboxylic acids is 1. The minimum Gasteiger partial charge on any atom is -0.366 e. The highest BCUT2D eigenvalue weighted by Crippen LogP contribution is 2.36. The van der Waals surface area contributed by atoms with Gasteiger partial charge >= 0.3 is 0 Å². The number of hydrogen-bond donors (Lipinski definition) is 1. The van der Waals surface area contributed by atoms with Crippen LogP contribution in [0.3, 0.4) is 0 Å². The van der Waals surface area contributed by atoms with E-state index in [-0.39, 0.29) is 5.91 Å². The van der Waals surface area contributed by atoms with Gasteiger partial charge in [-0.1, -0.05) is 30.7 Å². The molecule has 0 aliphatic heterocycles. The summed E-state index contributed by atoms with van der Waals surface area (Å²) in [6.07, 6.45) is 13.8. The van der Waals surface area contributed by atoms with Crippen molar-refractivity contribution in [2.75, 3.05) is 0 Å². The minimum absolute atomic E-state index is 0.381. The number of nitrogens with two attached hydrogens (primary N) is 1. The van der Waals surface area contributed by atoms with Gasteiger partial charge in [0, 0.05) is 11.9 Å². The largest absolute Gasteiger partial charge is 0.366 e. The number of amides is 1. The maximum absolute atomic E-state index is 11.4. The number of aryl methyl sites for hydroxylation is 2. The average molecular weight is 363 g/mol. The van der Waals surface area contributed by atoms with Gasteiger partial charge in [-0.3, -0.25) is 9.78 Å². The monoisotopic (exact) mass is 362 g/mol. The molecule has 4 rings (SSSR count). The third kappa shape index (κ3) is 4.40. The van der Waals surface area contributed by atoms with Crippen molar-refractivity contribution >= 4 is 5.91 Å². The van der Waals surface area contributed by atoms with E-state index in [1.807, 2.05) is 6.07 Å². The molecule has 3 nitrogen and oxygen atoms in total. The Morgan fingerprint density at radius 1 is 1.00 bits per heavy atom. The normalized spacial score (nSPS) is 20.7. The van der Waals surface area contributed by atoms with Crippen LogP contribution in [0.2, 0.25) is 0 Å². The molecule has 1 heterocycles. The van der Waals surface area contributed by atoms with Crippen LogP contribution >= 0.6 is 0 Å². The Labute approximate surface area is 162 Å². The molecule has 1 aromatic heterocycles. The van der Waals surface area contributed by atoms with Crippen molar-refractivity contribution in [3.8, 4) is 0 Å². The zero-order valence-corrected chi connectivity index (χ0v) is 16.1. The Morgan fingerprint density at radius 2 is 1.74 bits per heavy atom. The molecule has 1 fully saturated rings. The molecule has 3 heteroatoms. The van der Waals surface area contributed by atoms with E-state index in [4.69, 9.17) is 5.73 Å². The highest BCUT2D eigenvalue weighted by atomic mass is 16.1. The number of primary amides is 1. The standard InChI is InChI=1S/C24H30N2O/c25-24(27)22-15-21-8-1-4-17(5-2-9-23(21)26-16-22)14-18-10-12-20(13-11-18)19-6-3-7-19/h10-13,15-17,19H,1-9,14H2,(H2,25,27). The predicted octanol–water partition coefficient (Wildman–Crippen LogP) is 4.97. The smallest absolute Gasteiger partial charge is 0.250 e. The number of carbonyl (C=O) groups is 1. The Bertz CT molecular complexity index is 793. The first-order valence-electron chi connectivity index (χ1n) is 10.6. The highest BCUT2D eigenvalue weighted by Gasteiger charge is 2.20. The van der Waals surface area contributed by atoms with Gasteiger partial charge in [-0.15, -0.1) is 0 Å². The van der Waals surface area contributed by atoms with E-state index in [1.54, 1.807) is 6.20 Å². The van der Waals surface area contributed by atoms with Crippen LogP contribution in [0, 0.1) is 5.92 Å². The zero-order valence-electron chi connectivity index (χ0n) is 16.1. The Kier molecular flexibility index (Phi) is 5.56. The van der Waals surface area contributed by atoms with Crippen LogP contribution in [0.25, 0.3) is 0 Å². The topological polar surface area (TPSA) is 56.0 Å². The summed E-state index contributed by atoms with van der Waals surface area (Å²) < 4.78 is 0. The van der Waals surface area contributed by atoms with Gasteiger partial charge in [0.25, 0.3) is 0 Å². The van der Waals surface area contributed by atoms with Gasteiger partial charge in [0.1, 0.15) is 0 Å². The maximum Gasteiger partial charge on any atom is 0.250 e. The van der Waals surface area contributed by atoms with Gasteiger partial charge in [-0.05, 0) is 92.4 Å². The van der Waals surface area contributed by atoms with E-state index in [0.29, 0.717) is 5.56 Å². The predicted molar refractivity (Wildman–Crippen MR) is 109 cm³/mol. The van der Waals surface area contributed by atoms with E-state index < -0.39 is 0 Å². The quantitative estimate of drug-likeness (QED) is 0.835. The first-order chi connectivity index (χ1) is 13.2. The number of pyridine rings is 1. The van der Waals surface area contributed by atoms with Gasteiger partial charge in [0.2, 0.25) is 5.91 Å². The Morgan fingerprint density at radius 3 is 2.41 bits per heavy atom. The first kappa shape index (κ1) is 18.2. The summed E-state index contributed by atoms with van der Waals surface area (Å²) in [4.78, 5) is 16.0. The molecule has 142 valence electrons. The van der Waals surface area contributed by atoms with Crippen LogP contribution in [0.15, 0.2) is 36.5 Å². The van der Waals surface area contributed by atoms with Gasteiger partial charge in [0.15, 0.2) is 0 Å². The molecule has 27 heavy (non-hydrogen) atoms. The van der Waals surface area contributed by atoms with Crippen LogP contribution < -0.4 is 5.73 Å². The molecule has 1 atom stereocenters. The molecule has 1 unspecified atom stereocenters. The lowest BCUT2D eigenvalue weighted by molar-refractivity contribution is 0.1000. The van der Waals surface area contributed by atoms with Gasteiger partial charge in [-0.25, -0.2) is 0 Å². The molecule has 2 N–H and O–H groups in total. The van der Waals surface area contributed by atoms with Crippen molar-refractivity contribution in [1.29, 1.82) is 0 Å². The minimum atomic E-state index is -0.381. The van der Waals surface area contributed by atoms with Crippen molar-refractivity contribution in [2.24, 2.45) is 11.7 Å². The third-order valence-electron chi connectivity index (χ3n) is 6.51. The molecular formula is C24H30N2O. The summed E-state index contributed by atoms with van der Waals surface area (Å²) in [5.41, 5.74) is 11.3. The van der Waals surface area contributed by atoms with E-state index >= 15 is 0 Å². The van der Waals surface area contributed by atoms with Crippen LogP contribution in [0.4, 0.5) is 0 Å². The fraction of sp³-hybridized carbons (Fsp3) is 0.500. The van der Waals surface area contributed by atoms with Crippen molar-refractivity contribution in [3.05, 3.63) is 64.5 Å². The number of benzene rings is 1. The highest BCUT2D eigenvalue weighted by molar-refractivity contribution is 5.92. The molecular weight excluding hydrogens is 332 g/mol. The van der Waals surface area contributed by atoms with E-state index in [2.05, 4.69) is 29.2 Å². The summed E-state index contributed by atoms with van der Waals surface area (Å²) in [6.45, 7) is 0. The second-order valence-corrected chi connectivity index (χ2v) is 8.42. The van der Waals surface area contributed by atoms with Crippen LogP contribution in [-0.4, -0.2) is 10.9 Å². The average Bonchev–Trinajstić information content (AvgIpc) is 2.71. The van der Waals surface area contributed by atoms with Crippen molar-refractivity contribution in [2.45, 2.75) is 70.1 Å². The fourth-order valence-electron chi connectivity index (χ4n) is 4.60. The summed E-state index contributed by atoms with van der Waals surface area (Å²) in [5.74, 6) is 1.18. The van der Waals surface area contributed by atoms with Crippen molar-refractivity contribution in [1.82, 2.24) is 4.98 Å². The zero-order chi connectivity index (χ0) is 18.6. The van der Waals surface area contributed by atoms with E-state index in [1.165, 1.54) is 61.6 Å². The lowest BCUT2D eigenvalue weighted by atomic mass is 9.79. The van der Waals surface area contributed by atoms with Crippen LogP contribution in [-0.2, 0) is 19.3 Å². The molecule has 2 aromatic rings. The summed E-state index contributed by atoms with van der Waals surface area (Å²) in [5, 5.41) is 0. The number of rotatable bonds is 4. The molecule has 0 radical (unpaired) electrons. The number of hydrogen-bond acceptors (Lipinski definition) is 2. The summed E-state index contributed by atoms with van der Waals surface area (Å²) in [6, 6.07) is 11.4. The second kappa shape index (κ2) is 8.24. The fourth-order valence-corrected chi connectivity index (χ4v) is 4.60. The van der Waals surface area contributed by atoms with Crippen molar-refractivity contribution < 1.29 is 4.79 Å². The maximum atomic E-state index is 11.4. The Hall–Kier alpha value is -2.16. The summed E-state index contributed by atoms with van der Waals surface area (Å²) >= 11 is 0. The Balaban J connectivity index is 1.38. The molecule has 2 aliphatic rings. The van der Waals surface area contributed by atoms with E-state index in [0.717, 1.165) is 36.8 Å². The lowest BCUT2D eigenvalue weighted by Crippen LogP contribution is -2.13. The van der Waals surface area contributed by atoms with Crippen LogP contribution in [0.5, 0.6) is 0 Å². The number of aromatic nitrogens is 1. The van der Waals surface area contributed by atoms with Gasteiger partial charge in [-0.2, -0.15) is 0 Å². The van der Waals surface area contributed by atoms with E-state index in [9.17, 15) is 4.79 Å². The molecule has 0 bridgehead atoms. The second-order valence-electron chi connectivity index (χ2n) is 8.42.